The van der Waals surface area contributed by atoms with E-state index in [1.165, 1.54) is 52.7 Å². The van der Waals surface area contributed by atoms with Gasteiger partial charge in [-0.25, -0.2) is 52.4 Å². The highest BCUT2D eigenvalue weighted by Gasteiger charge is 2.53. The van der Waals surface area contributed by atoms with Crippen LogP contribution in [0.1, 0.15) is 216 Å². The summed E-state index contributed by atoms with van der Waals surface area (Å²) in [7, 11) is -12.2. The number of hydrogen-bond acceptors (Lipinski definition) is 23. The van der Waals surface area contributed by atoms with Gasteiger partial charge in [-0.05, 0) is 205 Å². The Balaban J connectivity index is 0.000000152. The number of ether oxygens (including phenoxy) is 4. The fourth-order valence-electron chi connectivity index (χ4n) is 19.0. The van der Waals surface area contributed by atoms with E-state index in [9.17, 15) is 93.6 Å². The number of Topliss-reactive ketones (excluding diaryl/α,β-unsaturated/α-hetero) is 4. The topological polar surface area (TPSA) is 345 Å². The molecule has 0 unspecified atom stereocenters. The Morgan fingerprint density at radius 2 is 0.776 bits per heavy atom. The Bertz CT molecular complexity index is 6620. The van der Waals surface area contributed by atoms with Crippen molar-refractivity contribution in [2.45, 2.75) is 197 Å². The van der Waals surface area contributed by atoms with Gasteiger partial charge in [0.1, 0.15) is 21.3 Å². The molecule has 4 fully saturated rings. The summed E-state index contributed by atoms with van der Waals surface area (Å²) in [6.07, 6.45) is 1.45. The normalized spacial score (nSPS) is 19.9. The standard InChI is InChI=1S/C26H29F2NO5S.C24H26F2N2O5S.C24H26F2N2O4S.C24H28N2O5S/c1-16-5-7-18(34-24(27)28)14-21(16)29-20-8-6-17(13-19(20)25(2,3)23(29)31)22(30)15-26(4)9-11-35(32,33)12-10-26;1-14-10-27-21(33-11-20(25)26)8-18(14)28-17-6-5-15(7-16(17)23(2,3)22(28)30)19(29)9-24(4)12-34(31,32)13-24;1-15-22(2,3)19-8-16(21(29)10-23(4)13-33(30,31)14-23)6-7-20(19)28(15)17-9-18(12-27-11-17)32-24(5,25)26;1-6-31-21-10-19(15(2)12-25-21)26-18-8-7-16(9-17(18)23(3,4)22(26)28)20(27)11-24(5)13-32(29,30)14-24/h5-8,13-14,24H,9-12,15H2,1-4H3;5-8,10,20H,9,11-13H2,1-4H3;6-9,11-12H,1,10,13-14H2,2-5H3;7-10,12H,6,11,13-14H2,1-5H3. The van der Waals surface area contributed by atoms with Crippen molar-refractivity contribution < 1.29 is 113 Å². The van der Waals surface area contributed by atoms with Crippen molar-refractivity contribution in [2.75, 3.05) is 78.8 Å². The molecule has 36 heteroatoms. The number of sulfone groups is 4. The molecule has 134 heavy (non-hydrogen) atoms. The number of hydrogen-bond donors (Lipinski definition) is 0. The van der Waals surface area contributed by atoms with Crippen molar-refractivity contribution in [3.05, 3.63) is 207 Å². The average Bonchev–Trinajstić information content (AvgIpc) is 1.61. The van der Waals surface area contributed by atoms with Gasteiger partial charge in [0.2, 0.25) is 29.5 Å². The fraction of sp³-hybridized carbons (Fsp3) is 0.449. The molecular weight excluding hydrogens is 1820 g/mol. The van der Waals surface area contributed by atoms with Crippen LogP contribution in [0.15, 0.2) is 146 Å². The summed E-state index contributed by atoms with van der Waals surface area (Å²) in [5.74, 6) is -0.467. The first kappa shape index (κ1) is 100. The van der Waals surface area contributed by atoms with Crippen LogP contribution in [0.2, 0.25) is 0 Å². The quantitative estimate of drug-likeness (QED) is 0.0379. The number of anilines is 8. The molecule has 0 aliphatic carbocycles. The minimum Gasteiger partial charge on any atom is -0.478 e. The minimum absolute atomic E-state index is 0.00821. The number of aromatic nitrogens is 3. The van der Waals surface area contributed by atoms with E-state index in [0.717, 1.165) is 28.1 Å². The van der Waals surface area contributed by atoms with Gasteiger partial charge in [0.15, 0.2) is 59.3 Å². The molecule has 8 aliphatic rings. The maximum Gasteiger partial charge on any atom is 0.394 e. The van der Waals surface area contributed by atoms with Crippen LogP contribution >= 0.6 is 0 Å². The van der Waals surface area contributed by atoms with Crippen molar-refractivity contribution >= 4 is 126 Å². The Morgan fingerprint density at radius 1 is 0.425 bits per heavy atom. The number of nitrogens with zero attached hydrogens (tertiary/aromatic N) is 7. The summed E-state index contributed by atoms with van der Waals surface area (Å²) in [5.41, 5.74) is 7.24. The van der Waals surface area contributed by atoms with Crippen molar-refractivity contribution in [3.8, 4) is 23.3 Å². The molecular formula is C98H109F6N7O19S4. The zero-order valence-electron chi connectivity index (χ0n) is 77.7. The monoisotopic (exact) mass is 1930 g/mol. The minimum atomic E-state index is -3.34. The largest absolute Gasteiger partial charge is 0.478 e. The molecule has 3 amide bonds. The number of rotatable bonds is 25. The number of carbonyl (C=O) groups is 7. The Labute approximate surface area is 776 Å². The molecule has 11 heterocycles. The zero-order valence-corrected chi connectivity index (χ0v) is 80.9. The Morgan fingerprint density at radius 3 is 1.13 bits per heavy atom. The molecule has 0 atom stereocenters. The molecule has 8 aromatic rings. The number of pyridine rings is 3. The molecule has 716 valence electrons. The van der Waals surface area contributed by atoms with E-state index in [0.29, 0.717) is 117 Å². The molecule has 26 nitrogen and oxygen atoms in total. The maximum atomic E-state index is 13.5. The van der Waals surface area contributed by atoms with Gasteiger partial charge >= 0.3 is 12.7 Å². The highest BCUT2D eigenvalue weighted by atomic mass is 32.2. The van der Waals surface area contributed by atoms with Gasteiger partial charge in [0, 0.05) is 119 Å². The average molecular weight is 1930 g/mol. The number of fused-ring (bicyclic) bond motifs is 4. The molecule has 0 bridgehead atoms. The van der Waals surface area contributed by atoms with Crippen LogP contribution in [0, 0.1) is 42.4 Å². The second kappa shape index (κ2) is 35.8. The van der Waals surface area contributed by atoms with Gasteiger partial charge in [-0.15, -0.1) is 0 Å². The summed E-state index contributed by atoms with van der Waals surface area (Å²) in [4.78, 5) is 111. The molecule has 3 aromatic heterocycles. The number of amides is 3. The molecule has 0 saturated carbocycles. The first-order valence-electron chi connectivity index (χ1n) is 43.5. The van der Waals surface area contributed by atoms with Crippen LogP contribution in [-0.4, -0.2) is 168 Å². The Hall–Kier alpha value is -11.2. The summed E-state index contributed by atoms with van der Waals surface area (Å²) in [6, 6.07) is 29.9. The number of halogens is 6. The number of ketones is 4. The first-order chi connectivity index (χ1) is 61.9. The lowest BCUT2D eigenvalue weighted by Gasteiger charge is -2.37. The summed E-state index contributed by atoms with van der Waals surface area (Å²) < 4.78 is 190. The zero-order chi connectivity index (χ0) is 98.7. The van der Waals surface area contributed by atoms with Gasteiger partial charge < -0.3 is 23.8 Å². The SMILES string of the molecule is C=C1N(c2cncc(OC(C)(F)F)c2)c2ccc(C(=O)CC3(C)CS(=O)(=O)C3)cc2C1(C)C.CCOc1cc(N2C(=O)C(C)(C)c3cc(C(=O)CC4(C)CS(=O)(=O)C4)ccc32)c(C)cn1.Cc1ccc(OC(F)F)cc1N1C(=O)C(C)(C)c2cc(C(=O)CC3(C)CCS(=O)(=O)CC3)ccc21.Cc1cnc(OCC(F)F)cc1N1C(=O)C(C)(C)c2cc(C(=O)CC3(C)CS(=O)(=O)C3)ccc21. The van der Waals surface area contributed by atoms with Gasteiger partial charge in [0.05, 0.1) is 127 Å². The van der Waals surface area contributed by atoms with Crippen LogP contribution in [-0.2, 0) is 75.4 Å². The summed E-state index contributed by atoms with van der Waals surface area (Å²) in [6.45, 7) is 30.9. The van der Waals surface area contributed by atoms with Crippen molar-refractivity contribution in [2.24, 2.45) is 21.7 Å². The van der Waals surface area contributed by atoms with E-state index in [1.807, 2.05) is 73.3 Å². The lowest BCUT2D eigenvalue weighted by Crippen LogP contribution is -2.47. The highest BCUT2D eigenvalue weighted by Crippen LogP contribution is 2.55. The van der Waals surface area contributed by atoms with E-state index in [4.69, 9.17) is 9.47 Å². The number of carbonyl (C=O) groups excluding carboxylic acids is 7. The molecule has 0 spiro atoms. The lowest BCUT2D eigenvalue weighted by molar-refractivity contribution is -0.159. The molecule has 16 rings (SSSR count). The maximum absolute atomic E-state index is 13.5. The molecule has 5 aromatic carbocycles. The van der Waals surface area contributed by atoms with Crippen LogP contribution < -0.4 is 38.5 Å². The molecule has 8 aliphatic heterocycles. The third kappa shape index (κ3) is 20.8. The fourth-order valence-corrected chi connectivity index (χ4v) is 27.5. The van der Waals surface area contributed by atoms with Crippen LogP contribution in [0.3, 0.4) is 0 Å². The number of benzene rings is 5. The molecule has 4 saturated heterocycles. The van der Waals surface area contributed by atoms with E-state index < -0.39 is 103 Å². The van der Waals surface area contributed by atoms with E-state index >= 15 is 0 Å². The summed E-state index contributed by atoms with van der Waals surface area (Å²) in [5, 5.41) is 0. The van der Waals surface area contributed by atoms with E-state index in [2.05, 4.69) is 31.0 Å². The number of allylic oxidation sites excluding steroid dienone is 1. The second-order valence-corrected chi connectivity index (χ2v) is 48.4. The third-order valence-corrected chi connectivity index (χ3v) is 34.5. The smallest absolute Gasteiger partial charge is 0.394 e. The number of aryl methyl sites for hydroxylation is 3. The van der Waals surface area contributed by atoms with Crippen LogP contribution in [0.25, 0.3) is 0 Å². The third-order valence-electron chi connectivity index (χ3n) is 26.1. The predicted molar refractivity (Wildman–Crippen MR) is 497 cm³/mol. The van der Waals surface area contributed by atoms with Crippen molar-refractivity contribution in [1.82, 2.24) is 15.0 Å². The molecule has 0 radical (unpaired) electrons. The van der Waals surface area contributed by atoms with Crippen LogP contribution in [0.4, 0.5) is 71.8 Å². The van der Waals surface area contributed by atoms with Crippen molar-refractivity contribution in [3.63, 3.8) is 0 Å². The van der Waals surface area contributed by atoms with Gasteiger partial charge in [0.25, 0.3) is 6.43 Å². The highest BCUT2D eigenvalue weighted by molar-refractivity contribution is 7.93. The lowest BCUT2D eigenvalue weighted by atomic mass is 9.78. The molecule has 0 N–H and O–H groups in total. The number of alkyl halides is 6. The van der Waals surface area contributed by atoms with E-state index in [-0.39, 0.29) is 135 Å². The second-order valence-electron chi connectivity index (χ2n) is 39.9. The van der Waals surface area contributed by atoms with E-state index in [1.54, 1.807) is 138 Å². The summed E-state index contributed by atoms with van der Waals surface area (Å²) >= 11 is 0. The van der Waals surface area contributed by atoms with Gasteiger partial charge in [-0.1, -0.05) is 54.2 Å². The van der Waals surface area contributed by atoms with Gasteiger partial charge in [-0.2, -0.15) is 17.6 Å². The van der Waals surface area contributed by atoms with Crippen LogP contribution in [0.5, 0.6) is 23.3 Å². The Kier molecular flexibility index (Phi) is 26.8. The predicted octanol–water partition coefficient (Wildman–Crippen LogP) is 18.1. The van der Waals surface area contributed by atoms with Gasteiger partial charge in [-0.3, -0.25) is 53.2 Å². The van der Waals surface area contributed by atoms with Crippen molar-refractivity contribution in [1.29, 1.82) is 0 Å². The first-order valence-corrected chi connectivity index (χ1v) is 50.8.